The lowest BCUT2D eigenvalue weighted by Gasteiger charge is -2.14. The van der Waals surface area contributed by atoms with E-state index < -0.39 is 6.04 Å². The highest BCUT2D eigenvalue weighted by Crippen LogP contribution is 2.31. The second-order valence-electron chi connectivity index (χ2n) is 4.26. The first-order chi connectivity index (χ1) is 10.1. The van der Waals surface area contributed by atoms with Crippen molar-refractivity contribution in [3.05, 3.63) is 23.5 Å². The van der Waals surface area contributed by atoms with Gasteiger partial charge < -0.3 is 20.5 Å². The third-order valence-corrected chi connectivity index (χ3v) is 2.91. The van der Waals surface area contributed by atoms with Gasteiger partial charge in [-0.15, -0.1) is 10.2 Å². The Bertz CT molecular complexity index is 628. The maximum Gasteiger partial charge on any atom is 0.254 e. The first-order valence-corrected chi connectivity index (χ1v) is 6.12. The third kappa shape index (κ3) is 3.02. The van der Waals surface area contributed by atoms with Crippen molar-refractivity contribution in [3.8, 4) is 11.5 Å². The monoisotopic (exact) mass is 292 g/mol. The number of amides is 1. The number of nitrogen functional groups attached to an aromatic ring is 1. The van der Waals surface area contributed by atoms with Crippen LogP contribution in [0.2, 0.25) is 0 Å². The van der Waals surface area contributed by atoms with E-state index in [9.17, 15) is 4.79 Å². The number of ether oxygens (including phenoxy) is 2. The number of aromatic nitrogens is 4. The SMILES string of the molecule is COc1cc(OC)c(N)c(C(=O)NC(C)c2nn[nH]n2)c1. The predicted octanol–water partition coefficient (Wildman–Crippen LogP) is 0.290. The molecule has 21 heavy (non-hydrogen) atoms. The molecule has 9 nitrogen and oxygen atoms in total. The molecule has 0 aliphatic rings. The van der Waals surface area contributed by atoms with Crippen molar-refractivity contribution >= 4 is 11.6 Å². The minimum atomic E-state index is -0.423. The zero-order valence-corrected chi connectivity index (χ0v) is 11.9. The number of anilines is 1. The largest absolute Gasteiger partial charge is 0.497 e. The van der Waals surface area contributed by atoms with Crippen LogP contribution in [0.3, 0.4) is 0 Å². The van der Waals surface area contributed by atoms with Crippen molar-refractivity contribution in [3.63, 3.8) is 0 Å². The molecule has 1 aromatic heterocycles. The molecule has 1 aromatic carbocycles. The molecule has 2 rings (SSSR count). The van der Waals surface area contributed by atoms with E-state index in [1.54, 1.807) is 13.0 Å². The van der Waals surface area contributed by atoms with E-state index in [0.717, 1.165) is 0 Å². The van der Waals surface area contributed by atoms with E-state index in [1.807, 2.05) is 0 Å². The van der Waals surface area contributed by atoms with Crippen LogP contribution in [0.4, 0.5) is 5.69 Å². The van der Waals surface area contributed by atoms with Crippen molar-refractivity contribution in [1.82, 2.24) is 25.9 Å². The Morgan fingerprint density at radius 3 is 2.71 bits per heavy atom. The lowest BCUT2D eigenvalue weighted by Crippen LogP contribution is -2.28. The van der Waals surface area contributed by atoms with Crippen molar-refractivity contribution in [2.45, 2.75) is 13.0 Å². The number of methoxy groups -OCH3 is 2. The van der Waals surface area contributed by atoms with Gasteiger partial charge in [0.2, 0.25) is 0 Å². The topological polar surface area (TPSA) is 128 Å². The van der Waals surface area contributed by atoms with Crippen LogP contribution in [0, 0.1) is 0 Å². The summed E-state index contributed by atoms with van der Waals surface area (Å²) >= 11 is 0. The van der Waals surface area contributed by atoms with Crippen LogP contribution in [-0.2, 0) is 0 Å². The molecule has 1 heterocycles. The fourth-order valence-electron chi connectivity index (χ4n) is 1.77. The highest BCUT2D eigenvalue weighted by Gasteiger charge is 2.19. The Kier molecular flexibility index (Phi) is 4.21. The molecule has 112 valence electrons. The fraction of sp³-hybridized carbons (Fsp3) is 0.333. The summed E-state index contributed by atoms with van der Waals surface area (Å²) in [6, 6.07) is 2.72. The van der Waals surface area contributed by atoms with Crippen LogP contribution in [0.15, 0.2) is 12.1 Å². The van der Waals surface area contributed by atoms with E-state index in [0.29, 0.717) is 17.3 Å². The first-order valence-electron chi connectivity index (χ1n) is 6.12. The first kappa shape index (κ1) is 14.6. The van der Waals surface area contributed by atoms with Crippen LogP contribution >= 0.6 is 0 Å². The normalized spacial score (nSPS) is 11.8. The van der Waals surface area contributed by atoms with Gasteiger partial charge in [-0.1, -0.05) is 5.21 Å². The minimum absolute atomic E-state index is 0.233. The third-order valence-electron chi connectivity index (χ3n) is 2.91. The zero-order valence-electron chi connectivity index (χ0n) is 11.9. The van der Waals surface area contributed by atoms with Crippen LogP contribution < -0.4 is 20.5 Å². The maximum absolute atomic E-state index is 12.3. The molecule has 0 saturated heterocycles. The quantitative estimate of drug-likeness (QED) is 0.675. The van der Waals surface area contributed by atoms with Crippen molar-refractivity contribution < 1.29 is 14.3 Å². The molecule has 4 N–H and O–H groups in total. The molecule has 9 heteroatoms. The number of tetrazole rings is 1. The molecule has 0 aliphatic heterocycles. The number of nitrogens with one attached hydrogen (secondary N) is 2. The van der Waals surface area contributed by atoms with Gasteiger partial charge in [-0.3, -0.25) is 4.79 Å². The second-order valence-corrected chi connectivity index (χ2v) is 4.26. The van der Waals surface area contributed by atoms with Gasteiger partial charge in [0.25, 0.3) is 5.91 Å². The Morgan fingerprint density at radius 2 is 2.14 bits per heavy atom. The van der Waals surface area contributed by atoms with Gasteiger partial charge in [-0.05, 0) is 13.0 Å². The fourth-order valence-corrected chi connectivity index (χ4v) is 1.77. The molecule has 0 saturated carbocycles. The lowest BCUT2D eigenvalue weighted by atomic mass is 10.1. The van der Waals surface area contributed by atoms with Crippen molar-refractivity contribution in [2.24, 2.45) is 0 Å². The van der Waals surface area contributed by atoms with Crippen molar-refractivity contribution in [2.75, 3.05) is 20.0 Å². The molecule has 0 fully saturated rings. The van der Waals surface area contributed by atoms with E-state index >= 15 is 0 Å². The smallest absolute Gasteiger partial charge is 0.254 e. The number of carbonyl (C=O) groups excluding carboxylic acids is 1. The Morgan fingerprint density at radius 1 is 1.38 bits per heavy atom. The van der Waals surface area contributed by atoms with Crippen LogP contribution in [-0.4, -0.2) is 40.8 Å². The Labute approximate surface area is 120 Å². The zero-order chi connectivity index (χ0) is 15.4. The van der Waals surface area contributed by atoms with Crippen molar-refractivity contribution in [1.29, 1.82) is 0 Å². The molecule has 0 spiro atoms. The summed E-state index contributed by atoms with van der Waals surface area (Å²) in [6.07, 6.45) is 0. The van der Waals surface area contributed by atoms with E-state index in [-0.39, 0.29) is 17.2 Å². The number of aromatic amines is 1. The van der Waals surface area contributed by atoms with Gasteiger partial charge in [0.15, 0.2) is 5.82 Å². The lowest BCUT2D eigenvalue weighted by molar-refractivity contribution is 0.0938. The molecule has 2 aromatic rings. The summed E-state index contributed by atoms with van der Waals surface area (Å²) in [5, 5.41) is 16.1. The van der Waals surface area contributed by atoms with Gasteiger partial charge in [0, 0.05) is 6.07 Å². The van der Waals surface area contributed by atoms with Gasteiger partial charge in [-0.2, -0.15) is 5.21 Å². The average Bonchev–Trinajstić information content (AvgIpc) is 3.01. The molecular weight excluding hydrogens is 276 g/mol. The van der Waals surface area contributed by atoms with E-state index in [2.05, 4.69) is 25.9 Å². The summed E-state index contributed by atoms with van der Waals surface area (Å²) in [6.45, 7) is 1.73. The number of nitrogens with two attached hydrogens (primary N) is 1. The highest BCUT2D eigenvalue weighted by atomic mass is 16.5. The van der Waals surface area contributed by atoms with Gasteiger partial charge >= 0.3 is 0 Å². The second kappa shape index (κ2) is 6.07. The van der Waals surface area contributed by atoms with Gasteiger partial charge in [0.1, 0.15) is 11.5 Å². The number of nitrogens with zero attached hydrogens (tertiary/aromatic N) is 3. The van der Waals surface area contributed by atoms with E-state index in [1.165, 1.54) is 20.3 Å². The highest BCUT2D eigenvalue weighted by molar-refractivity contribution is 6.01. The van der Waals surface area contributed by atoms with Crippen LogP contribution in [0.25, 0.3) is 0 Å². The number of hydrogen-bond donors (Lipinski definition) is 3. The maximum atomic E-state index is 12.3. The number of benzene rings is 1. The summed E-state index contributed by atoms with van der Waals surface area (Å²) in [5.41, 5.74) is 6.41. The van der Waals surface area contributed by atoms with Gasteiger partial charge in [-0.25, -0.2) is 0 Å². The molecule has 1 unspecified atom stereocenters. The number of H-pyrrole nitrogens is 1. The molecule has 1 amide bonds. The summed E-state index contributed by atoms with van der Waals surface area (Å²) < 4.78 is 10.3. The summed E-state index contributed by atoms with van der Waals surface area (Å²) in [4.78, 5) is 12.3. The summed E-state index contributed by atoms with van der Waals surface area (Å²) in [7, 11) is 2.96. The minimum Gasteiger partial charge on any atom is -0.497 e. The molecule has 0 radical (unpaired) electrons. The molecular formula is C12H16N6O3. The summed E-state index contributed by atoms with van der Waals surface area (Å²) in [5.74, 6) is 0.823. The Hall–Kier alpha value is -2.84. The average molecular weight is 292 g/mol. The molecule has 0 bridgehead atoms. The molecule has 1 atom stereocenters. The number of carbonyl (C=O) groups is 1. The van der Waals surface area contributed by atoms with Gasteiger partial charge in [0.05, 0.1) is 31.5 Å². The molecule has 0 aliphatic carbocycles. The number of rotatable bonds is 5. The van der Waals surface area contributed by atoms with Crippen LogP contribution in [0.1, 0.15) is 29.1 Å². The predicted molar refractivity (Wildman–Crippen MR) is 74.0 cm³/mol. The Balaban J connectivity index is 2.26. The standard InChI is InChI=1S/C12H16N6O3/c1-6(11-15-17-18-16-11)14-12(19)8-4-7(20-2)5-9(21-3)10(8)13/h4-6H,13H2,1-3H3,(H,14,19)(H,15,16,17,18). The van der Waals surface area contributed by atoms with Crippen LogP contribution in [0.5, 0.6) is 11.5 Å². The van der Waals surface area contributed by atoms with E-state index in [4.69, 9.17) is 15.2 Å². The number of hydrogen-bond acceptors (Lipinski definition) is 7.